The summed E-state index contributed by atoms with van der Waals surface area (Å²) in [4.78, 5) is 0. The average Bonchev–Trinajstić information content (AvgIpc) is 2.95. The normalized spacial score (nSPS) is 24.8. The lowest BCUT2D eigenvalue weighted by Crippen LogP contribution is -2.38. The number of alkyl halides is 3. The van der Waals surface area contributed by atoms with Crippen LogP contribution in [0.25, 0.3) is 0 Å². The second-order valence-electron chi connectivity index (χ2n) is 4.72. The van der Waals surface area contributed by atoms with Gasteiger partial charge in [-0.15, -0.1) is 0 Å². The van der Waals surface area contributed by atoms with Gasteiger partial charge in [0.2, 0.25) is 0 Å². The van der Waals surface area contributed by atoms with Crippen molar-refractivity contribution in [3.05, 3.63) is 35.4 Å². The standard InChI is InChI=1S/C12H13F3O2/c1-10(2,16)11(7-17-11)8-5-3-4-6-9(8)12(13,14)15/h3-6,16H,7H2,1-2H3/t11-/m0/s1. The van der Waals surface area contributed by atoms with Crippen molar-refractivity contribution in [1.29, 1.82) is 0 Å². The lowest BCUT2D eigenvalue weighted by atomic mass is 9.82. The van der Waals surface area contributed by atoms with Crippen molar-refractivity contribution >= 4 is 0 Å². The molecule has 1 aliphatic rings. The van der Waals surface area contributed by atoms with Crippen molar-refractivity contribution in [2.24, 2.45) is 0 Å². The molecule has 1 aromatic rings. The summed E-state index contributed by atoms with van der Waals surface area (Å²) in [6.45, 7) is 3.00. The molecule has 1 saturated heterocycles. The first kappa shape index (κ1) is 12.4. The van der Waals surface area contributed by atoms with Crippen molar-refractivity contribution in [2.75, 3.05) is 6.61 Å². The van der Waals surface area contributed by atoms with E-state index in [2.05, 4.69) is 0 Å². The molecule has 2 nitrogen and oxygen atoms in total. The Labute approximate surface area is 97.0 Å². The molecule has 0 bridgehead atoms. The van der Waals surface area contributed by atoms with Crippen LogP contribution >= 0.6 is 0 Å². The molecule has 0 radical (unpaired) electrons. The highest BCUT2D eigenvalue weighted by Crippen LogP contribution is 2.51. The van der Waals surface area contributed by atoms with E-state index in [0.717, 1.165) is 6.07 Å². The molecule has 1 atom stereocenters. The highest BCUT2D eigenvalue weighted by atomic mass is 19.4. The van der Waals surface area contributed by atoms with Crippen LogP contribution in [0, 0.1) is 0 Å². The van der Waals surface area contributed by atoms with Crippen molar-refractivity contribution in [1.82, 2.24) is 0 Å². The Balaban J connectivity index is 2.55. The van der Waals surface area contributed by atoms with Gasteiger partial charge in [0, 0.05) is 5.56 Å². The number of hydrogen-bond donors (Lipinski definition) is 1. The van der Waals surface area contributed by atoms with Crippen LogP contribution in [0.1, 0.15) is 25.0 Å². The smallest absolute Gasteiger partial charge is 0.387 e. The summed E-state index contributed by atoms with van der Waals surface area (Å²) in [5.74, 6) is 0. The number of aliphatic hydroxyl groups is 1. The summed E-state index contributed by atoms with van der Waals surface area (Å²) in [6.07, 6.45) is -4.44. The molecular weight excluding hydrogens is 233 g/mol. The maximum atomic E-state index is 12.9. The van der Waals surface area contributed by atoms with Gasteiger partial charge in [-0.25, -0.2) is 0 Å². The highest BCUT2D eigenvalue weighted by Gasteiger charge is 2.60. The van der Waals surface area contributed by atoms with E-state index in [-0.39, 0.29) is 12.2 Å². The first-order valence-electron chi connectivity index (χ1n) is 5.21. The molecule has 1 N–H and O–H groups in total. The molecule has 0 aromatic heterocycles. The first-order chi connectivity index (χ1) is 7.68. The van der Waals surface area contributed by atoms with Crippen LogP contribution in [0.15, 0.2) is 24.3 Å². The molecule has 1 aliphatic heterocycles. The molecule has 0 amide bonds. The van der Waals surface area contributed by atoms with Gasteiger partial charge in [-0.2, -0.15) is 13.2 Å². The minimum absolute atomic E-state index is 0.000000000000000444. The number of hydrogen-bond acceptors (Lipinski definition) is 2. The van der Waals surface area contributed by atoms with E-state index in [4.69, 9.17) is 4.74 Å². The second-order valence-corrected chi connectivity index (χ2v) is 4.72. The lowest BCUT2D eigenvalue weighted by molar-refractivity contribution is -0.139. The molecule has 1 aromatic carbocycles. The van der Waals surface area contributed by atoms with Gasteiger partial charge in [-0.3, -0.25) is 0 Å². The van der Waals surface area contributed by atoms with E-state index in [1.807, 2.05) is 0 Å². The minimum Gasteiger partial charge on any atom is -0.387 e. The van der Waals surface area contributed by atoms with E-state index < -0.39 is 22.9 Å². The Morgan fingerprint density at radius 1 is 1.24 bits per heavy atom. The monoisotopic (exact) mass is 246 g/mol. The molecule has 0 aliphatic carbocycles. The van der Waals surface area contributed by atoms with E-state index in [1.165, 1.54) is 32.0 Å². The van der Waals surface area contributed by atoms with Crippen LogP contribution in [-0.4, -0.2) is 17.3 Å². The zero-order valence-electron chi connectivity index (χ0n) is 9.51. The molecular formula is C12H13F3O2. The van der Waals surface area contributed by atoms with E-state index in [9.17, 15) is 18.3 Å². The molecule has 5 heteroatoms. The number of halogens is 3. The third-order valence-electron chi connectivity index (χ3n) is 3.09. The number of ether oxygens (including phenoxy) is 1. The maximum Gasteiger partial charge on any atom is 0.416 e. The number of benzene rings is 1. The fraction of sp³-hybridized carbons (Fsp3) is 0.500. The molecule has 1 fully saturated rings. The average molecular weight is 246 g/mol. The molecule has 1 heterocycles. The SMILES string of the molecule is CC(C)(O)[C@@]1(c2ccccc2C(F)(F)F)CO1. The van der Waals surface area contributed by atoms with Crippen LogP contribution in [-0.2, 0) is 16.5 Å². The minimum atomic E-state index is -4.44. The Morgan fingerprint density at radius 2 is 1.76 bits per heavy atom. The second kappa shape index (κ2) is 3.46. The Hall–Kier alpha value is -1.07. The van der Waals surface area contributed by atoms with Crippen LogP contribution in [0.5, 0.6) is 0 Å². The van der Waals surface area contributed by atoms with Gasteiger partial charge in [0.25, 0.3) is 0 Å². The van der Waals surface area contributed by atoms with Crippen molar-refractivity contribution in [3.8, 4) is 0 Å². The van der Waals surface area contributed by atoms with Gasteiger partial charge in [0.15, 0.2) is 0 Å². The Bertz CT molecular complexity index is 428. The predicted molar refractivity (Wildman–Crippen MR) is 55.4 cm³/mol. The molecule has 0 unspecified atom stereocenters. The lowest BCUT2D eigenvalue weighted by Gasteiger charge is -2.28. The van der Waals surface area contributed by atoms with Crippen LogP contribution in [0.2, 0.25) is 0 Å². The quantitative estimate of drug-likeness (QED) is 0.814. The molecule has 17 heavy (non-hydrogen) atoms. The zero-order chi connectivity index (χ0) is 12.9. The van der Waals surface area contributed by atoms with E-state index >= 15 is 0 Å². The van der Waals surface area contributed by atoms with E-state index in [1.54, 1.807) is 0 Å². The van der Waals surface area contributed by atoms with Gasteiger partial charge in [-0.1, -0.05) is 18.2 Å². The maximum absolute atomic E-state index is 12.9. The third-order valence-corrected chi connectivity index (χ3v) is 3.09. The van der Waals surface area contributed by atoms with Gasteiger partial charge in [0.1, 0.15) is 5.60 Å². The van der Waals surface area contributed by atoms with Crippen LogP contribution in [0.3, 0.4) is 0 Å². The summed E-state index contributed by atoms with van der Waals surface area (Å²) in [7, 11) is 0. The summed E-state index contributed by atoms with van der Waals surface area (Å²) >= 11 is 0. The zero-order valence-corrected chi connectivity index (χ0v) is 9.51. The van der Waals surface area contributed by atoms with Crippen molar-refractivity contribution in [3.63, 3.8) is 0 Å². The summed E-state index contributed by atoms with van der Waals surface area (Å²) in [6, 6.07) is 5.20. The largest absolute Gasteiger partial charge is 0.416 e. The van der Waals surface area contributed by atoms with Gasteiger partial charge < -0.3 is 9.84 Å². The van der Waals surface area contributed by atoms with Crippen molar-refractivity contribution in [2.45, 2.75) is 31.2 Å². The Morgan fingerprint density at radius 3 is 2.18 bits per heavy atom. The molecule has 2 rings (SSSR count). The summed E-state index contributed by atoms with van der Waals surface area (Å²) < 4.78 is 43.7. The van der Waals surface area contributed by atoms with Gasteiger partial charge in [-0.05, 0) is 19.9 Å². The van der Waals surface area contributed by atoms with E-state index in [0.29, 0.717) is 0 Å². The fourth-order valence-electron chi connectivity index (χ4n) is 1.99. The number of epoxide rings is 1. The summed E-state index contributed by atoms with van der Waals surface area (Å²) in [5, 5.41) is 9.96. The van der Waals surface area contributed by atoms with Crippen LogP contribution in [0.4, 0.5) is 13.2 Å². The van der Waals surface area contributed by atoms with Crippen molar-refractivity contribution < 1.29 is 23.0 Å². The summed E-state index contributed by atoms with van der Waals surface area (Å²) in [5.41, 5.74) is -3.34. The predicted octanol–water partition coefficient (Wildman–Crippen LogP) is 2.70. The molecule has 0 spiro atoms. The van der Waals surface area contributed by atoms with Gasteiger partial charge >= 0.3 is 6.18 Å². The number of rotatable bonds is 2. The molecule has 0 saturated carbocycles. The van der Waals surface area contributed by atoms with Gasteiger partial charge in [0.05, 0.1) is 17.8 Å². The van der Waals surface area contributed by atoms with Crippen LogP contribution < -0.4 is 0 Å². The topological polar surface area (TPSA) is 32.8 Å². The fourth-order valence-corrected chi connectivity index (χ4v) is 1.99. The Kier molecular flexibility index (Phi) is 2.52. The third kappa shape index (κ3) is 1.93. The highest BCUT2D eigenvalue weighted by molar-refractivity contribution is 5.39. The first-order valence-corrected chi connectivity index (χ1v) is 5.21. The molecule has 94 valence electrons.